The molecule has 2 rings (SSSR count). The fraction of sp³-hybridized carbons (Fsp3) is 0.857. The first-order valence-corrected chi connectivity index (χ1v) is 7.92. The molecule has 5 heteroatoms. The van der Waals surface area contributed by atoms with Crippen LogP contribution in [0.2, 0.25) is 0 Å². The van der Waals surface area contributed by atoms with E-state index in [0.717, 1.165) is 51.6 Å². The quantitative estimate of drug-likeness (QED) is 0.766. The Morgan fingerprint density at radius 2 is 1.53 bits per heavy atom. The van der Waals surface area contributed by atoms with Gasteiger partial charge in [0.25, 0.3) is 0 Å². The maximum absolute atomic E-state index is 12.3. The zero-order valence-electron chi connectivity index (χ0n) is 11.6. The number of urea groups is 1. The highest BCUT2D eigenvalue weighted by molar-refractivity contribution is 7.80. The van der Waals surface area contributed by atoms with Gasteiger partial charge in [-0.1, -0.05) is 44.3 Å². The van der Waals surface area contributed by atoms with Crippen LogP contribution in [0.5, 0.6) is 0 Å². The average Bonchev–Trinajstić information content (AvgIpc) is 2.86. The number of thiocarbonyl (C=S) groups is 1. The Labute approximate surface area is 121 Å². The van der Waals surface area contributed by atoms with Crippen molar-refractivity contribution in [3.8, 4) is 0 Å². The van der Waals surface area contributed by atoms with Crippen LogP contribution in [0.1, 0.15) is 57.8 Å². The highest BCUT2D eigenvalue weighted by Gasteiger charge is 2.36. The minimum atomic E-state index is -0.449. The van der Waals surface area contributed by atoms with Gasteiger partial charge in [-0.15, -0.1) is 0 Å². The normalized spacial score (nSPS) is 23.5. The van der Waals surface area contributed by atoms with Gasteiger partial charge in [0.2, 0.25) is 0 Å². The second-order valence-corrected chi connectivity index (χ2v) is 6.28. The SMILES string of the molecule is NC(=S)C1(NC(=O)N2CCCC2)CCCCCCC1. The highest BCUT2D eigenvalue weighted by atomic mass is 32.1. The number of hydrogen-bond donors (Lipinski definition) is 2. The molecule has 1 aliphatic heterocycles. The summed E-state index contributed by atoms with van der Waals surface area (Å²) < 4.78 is 0. The zero-order chi connectivity index (χ0) is 13.7. The lowest BCUT2D eigenvalue weighted by atomic mass is 9.84. The molecule has 1 saturated carbocycles. The number of hydrogen-bond acceptors (Lipinski definition) is 2. The molecular weight excluding hydrogens is 258 g/mol. The monoisotopic (exact) mass is 283 g/mol. The van der Waals surface area contributed by atoms with E-state index in [4.69, 9.17) is 18.0 Å². The number of likely N-dealkylation sites (tertiary alicyclic amines) is 1. The van der Waals surface area contributed by atoms with E-state index in [1.54, 1.807) is 0 Å². The standard InChI is InChI=1S/C14H25N3OS/c15-12(19)14(8-4-2-1-3-5-9-14)16-13(18)17-10-6-7-11-17/h1-11H2,(H2,15,19)(H,16,18). The van der Waals surface area contributed by atoms with E-state index >= 15 is 0 Å². The second-order valence-electron chi connectivity index (χ2n) is 5.84. The van der Waals surface area contributed by atoms with Gasteiger partial charge in [0.05, 0.1) is 10.5 Å². The van der Waals surface area contributed by atoms with E-state index in [-0.39, 0.29) is 6.03 Å². The first-order chi connectivity index (χ1) is 9.14. The predicted molar refractivity (Wildman–Crippen MR) is 81.2 cm³/mol. The largest absolute Gasteiger partial charge is 0.391 e. The number of nitrogens with zero attached hydrogens (tertiary/aromatic N) is 1. The van der Waals surface area contributed by atoms with E-state index in [0.29, 0.717) is 4.99 Å². The molecule has 19 heavy (non-hydrogen) atoms. The fourth-order valence-corrected chi connectivity index (χ4v) is 3.40. The molecule has 0 aromatic rings. The van der Waals surface area contributed by atoms with Crippen molar-refractivity contribution >= 4 is 23.2 Å². The Bertz CT molecular complexity index is 332. The molecule has 2 fully saturated rings. The van der Waals surface area contributed by atoms with Crippen molar-refractivity contribution in [2.75, 3.05) is 13.1 Å². The van der Waals surface area contributed by atoms with Gasteiger partial charge in [0.15, 0.2) is 0 Å². The lowest BCUT2D eigenvalue weighted by molar-refractivity contribution is 0.195. The number of carbonyl (C=O) groups excluding carboxylic acids is 1. The lowest BCUT2D eigenvalue weighted by Crippen LogP contribution is -2.59. The van der Waals surface area contributed by atoms with E-state index in [9.17, 15) is 4.79 Å². The first kappa shape index (κ1) is 14.6. The summed E-state index contributed by atoms with van der Waals surface area (Å²) in [5, 5.41) is 3.16. The minimum absolute atomic E-state index is 0.0193. The third-order valence-corrected chi connectivity index (χ3v) is 4.81. The highest BCUT2D eigenvalue weighted by Crippen LogP contribution is 2.27. The molecule has 108 valence electrons. The van der Waals surface area contributed by atoms with Crippen LogP contribution in [0, 0.1) is 0 Å². The Morgan fingerprint density at radius 3 is 2.05 bits per heavy atom. The summed E-state index contributed by atoms with van der Waals surface area (Å²) in [4.78, 5) is 14.7. The van der Waals surface area contributed by atoms with Gasteiger partial charge < -0.3 is 16.0 Å². The molecule has 2 amide bonds. The van der Waals surface area contributed by atoms with Gasteiger partial charge in [-0.25, -0.2) is 4.79 Å². The molecule has 1 heterocycles. The third kappa shape index (κ3) is 3.59. The van der Waals surface area contributed by atoms with Crippen molar-refractivity contribution in [1.29, 1.82) is 0 Å². The summed E-state index contributed by atoms with van der Waals surface area (Å²) in [7, 11) is 0. The van der Waals surface area contributed by atoms with Gasteiger partial charge >= 0.3 is 6.03 Å². The topological polar surface area (TPSA) is 58.4 Å². The summed E-state index contributed by atoms with van der Waals surface area (Å²) in [6, 6.07) is 0.0193. The number of nitrogens with two attached hydrogens (primary N) is 1. The Kier molecular flexibility index (Phi) is 5.02. The van der Waals surface area contributed by atoms with Gasteiger partial charge in [-0.2, -0.15) is 0 Å². The summed E-state index contributed by atoms with van der Waals surface area (Å²) in [6.45, 7) is 1.72. The first-order valence-electron chi connectivity index (χ1n) is 7.51. The molecule has 1 saturated heterocycles. The van der Waals surface area contributed by atoms with Crippen molar-refractivity contribution < 1.29 is 4.79 Å². The number of rotatable bonds is 2. The van der Waals surface area contributed by atoms with E-state index in [1.165, 1.54) is 19.3 Å². The lowest BCUT2D eigenvalue weighted by Gasteiger charge is -2.36. The maximum Gasteiger partial charge on any atom is 0.318 e. The molecule has 2 aliphatic rings. The maximum atomic E-state index is 12.3. The Balaban J connectivity index is 2.04. The summed E-state index contributed by atoms with van der Waals surface area (Å²) in [5.41, 5.74) is 5.52. The summed E-state index contributed by atoms with van der Waals surface area (Å²) in [6.07, 6.45) is 9.89. The van der Waals surface area contributed by atoms with Gasteiger partial charge in [-0.05, 0) is 25.7 Å². The van der Waals surface area contributed by atoms with Crippen LogP contribution in [-0.2, 0) is 0 Å². The van der Waals surface area contributed by atoms with E-state index < -0.39 is 5.54 Å². The molecule has 0 atom stereocenters. The Morgan fingerprint density at radius 1 is 1.00 bits per heavy atom. The molecule has 0 radical (unpaired) electrons. The van der Waals surface area contributed by atoms with Gasteiger partial charge in [-0.3, -0.25) is 0 Å². The molecule has 3 N–H and O–H groups in total. The van der Waals surface area contributed by atoms with Crippen LogP contribution in [0.4, 0.5) is 4.79 Å². The zero-order valence-corrected chi connectivity index (χ0v) is 12.4. The van der Waals surface area contributed by atoms with Crippen molar-refractivity contribution in [2.45, 2.75) is 63.3 Å². The molecular formula is C14H25N3OS. The number of carbonyl (C=O) groups is 1. The molecule has 0 bridgehead atoms. The smallest absolute Gasteiger partial charge is 0.318 e. The molecule has 1 aliphatic carbocycles. The van der Waals surface area contributed by atoms with Crippen LogP contribution in [-0.4, -0.2) is 34.5 Å². The van der Waals surface area contributed by atoms with Gasteiger partial charge in [0, 0.05) is 13.1 Å². The van der Waals surface area contributed by atoms with Crippen LogP contribution in [0.25, 0.3) is 0 Å². The van der Waals surface area contributed by atoms with E-state index in [2.05, 4.69) is 5.32 Å². The number of amides is 2. The molecule has 0 aromatic heterocycles. The fourth-order valence-electron chi connectivity index (χ4n) is 3.15. The third-order valence-electron chi connectivity index (χ3n) is 4.42. The van der Waals surface area contributed by atoms with Crippen LogP contribution >= 0.6 is 12.2 Å². The number of nitrogens with one attached hydrogen (secondary N) is 1. The Hall–Kier alpha value is -0.840. The van der Waals surface area contributed by atoms with Crippen molar-refractivity contribution in [2.24, 2.45) is 5.73 Å². The van der Waals surface area contributed by atoms with Crippen LogP contribution in [0.3, 0.4) is 0 Å². The predicted octanol–water partition coefficient (Wildman–Crippen LogP) is 2.56. The molecule has 0 aromatic carbocycles. The average molecular weight is 283 g/mol. The summed E-state index contributed by atoms with van der Waals surface area (Å²) >= 11 is 5.27. The van der Waals surface area contributed by atoms with Crippen molar-refractivity contribution in [3.05, 3.63) is 0 Å². The molecule has 4 nitrogen and oxygen atoms in total. The van der Waals surface area contributed by atoms with E-state index in [1.807, 2.05) is 4.90 Å². The second kappa shape index (κ2) is 6.55. The molecule has 0 spiro atoms. The van der Waals surface area contributed by atoms with Crippen molar-refractivity contribution in [3.63, 3.8) is 0 Å². The summed E-state index contributed by atoms with van der Waals surface area (Å²) in [5.74, 6) is 0. The minimum Gasteiger partial charge on any atom is -0.391 e. The van der Waals surface area contributed by atoms with Gasteiger partial charge in [0.1, 0.15) is 0 Å². The van der Waals surface area contributed by atoms with Crippen LogP contribution < -0.4 is 11.1 Å². The molecule has 0 unspecified atom stereocenters. The van der Waals surface area contributed by atoms with Crippen LogP contribution in [0.15, 0.2) is 0 Å². The van der Waals surface area contributed by atoms with Crippen molar-refractivity contribution in [1.82, 2.24) is 10.2 Å².